The molecule has 0 radical (unpaired) electrons. The van der Waals surface area contributed by atoms with Crippen molar-refractivity contribution in [2.45, 2.75) is 19.4 Å². The summed E-state index contributed by atoms with van der Waals surface area (Å²) >= 11 is 5.99. The first kappa shape index (κ1) is 17.0. The molecular weight excluding hydrogens is 348 g/mol. The number of hydrogen-bond acceptors (Lipinski definition) is 6. The van der Waals surface area contributed by atoms with Crippen molar-refractivity contribution in [2.75, 3.05) is 28.3 Å². The Balaban J connectivity index is 1.81. The molecule has 1 unspecified atom stereocenters. The standard InChI is InChI=1S/C16H19ClN4O2S/c1-2-21(14-6-7-24(22,23)10-14)16-9-15(18-11-19-16)20-13-5-3-4-12(17)8-13/h3-5,8-9,11,14H,2,6-7,10H2,1H3,(H,18,19,20). The number of anilines is 3. The zero-order chi connectivity index (χ0) is 17.2. The van der Waals surface area contributed by atoms with Gasteiger partial charge < -0.3 is 10.2 Å². The average Bonchev–Trinajstić information content (AvgIpc) is 2.88. The summed E-state index contributed by atoms with van der Waals surface area (Å²) < 4.78 is 23.5. The van der Waals surface area contributed by atoms with Crippen molar-refractivity contribution in [3.8, 4) is 0 Å². The van der Waals surface area contributed by atoms with Gasteiger partial charge in [-0.1, -0.05) is 17.7 Å². The molecule has 8 heteroatoms. The lowest BCUT2D eigenvalue weighted by molar-refractivity contribution is 0.599. The highest BCUT2D eigenvalue weighted by atomic mass is 35.5. The Morgan fingerprint density at radius 2 is 2.17 bits per heavy atom. The molecule has 1 atom stereocenters. The van der Waals surface area contributed by atoms with Crippen LogP contribution in [0.4, 0.5) is 17.3 Å². The van der Waals surface area contributed by atoms with Gasteiger partial charge in [-0.05, 0) is 31.5 Å². The Morgan fingerprint density at radius 1 is 1.33 bits per heavy atom. The van der Waals surface area contributed by atoms with Crippen LogP contribution in [0.15, 0.2) is 36.7 Å². The van der Waals surface area contributed by atoms with E-state index < -0.39 is 9.84 Å². The Morgan fingerprint density at radius 3 is 2.83 bits per heavy atom. The van der Waals surface area contributed by atoms with Crippen LogP contribution >= 0.6 is 11.6 Å². The molecule has 0 bridgehead atoms. The molecule has 1 fully saturated rings. The first-order chi connectivity index (χ1) is 11.5. The predicted molar refractivity (Wildman–Crippen MR) is 96.8 cm³/mol. The molecule has 3 rings (SSSR count). The lowest BCUT2D eigenvalue weighted by atomic mass is 10.2. The van der Waals surface area contributed by atoms with Gasteiger partial charge in [-0.2, -0.15) is 0 Å². The van der Waals surface area contributed by atoms with E-state index in [2.05, 4.69) is 15.3 Å². The number of hydrogen-bond donors (Lipinski definition) is 1. The van der Waals surface area contributed by atoms with Crippen LogP contribution < -0.4 is 10.2 Å². The lowest BCUT2D eigenvalue weighted by Crippen LogP contribution is -2.36. The molecule has 6 nitrogen and oxygen atoms in total. The molecule has 1 aliphatic rings. The minimum Gasteiger partial charge on any atom is -0.353 e. The SMILES string of the molecule is CCN(c1cc(Nc2cccc(Cl)c2)ncn1)C1CCS(=O)(=O)C1. The normalized spacial score (nSPS) is 19.2. The first-order valence-corrected chi connectivity index (χ1v) is 9.98. The Kier molecular flexibility index (Phi) is 4.91. The van der Waals surface area contributed by atoms with Crippen molar-refractivity contribution >= 4 is 38.8 Å². The smallest absolute Gasteiger partial charge is 0.152 e. The first-order valence-electron chi connectivity index (χ1n) is 7.78. The van der Waals surface area contributed by atoms with Crippen LogP contribution in [0.2, 0.25) is 5.02 Å². The Labute approximate surface area is 146 Å². The average molecular weight is 367 g/mol. The summed E-state index contributed by atoms with van der Waals surface area (Å²) in [6.07, 6.45) is 2.12. The highest BCUT2D eigenvalue weighted by Crippen LogP contribution is 2.25. The number of nitrogens with zero attached hydrogens (tertiary/aromatic N) is 3. The summed E-state index contributed by atoms with van der Waals surface area (Å²) in [5, 5.41) is 3.83. The molecule has 128 valence electrons. The number of rotatable bonds is 5. The second kappa shape index (κ2) is 6.94. The maximum absolute atomic E-state index is 11.7. The maximum Gasteiger partial charge on any atom is 0.152 e. The van der Waals surface area contributed by atoms with Crippen molar-refractivity contribution in [2.24, 2.45) is 0 Å². The van der Waals surface area contributed by atoms with E-state index in [-0.39, 0.29) is 17.5 Å². The molecule has 2 aromatic rings. The van der Waals surface area contributed by atoms with Gasteiger partial charge in [0.1, 0.15) is 18.0 Å². The quantitative estimate of drug-likeness (QED) is 0.876. The van der Waals surface area contributed by atoms with Crippen LogP contribution in [-0.4, -0.2) is 42.5 Å². The molecule has 1 aromatic heterocycles. The maximum atomic E-state index is 11.7. The van der Waals surface area contributed by atoms with Crippen LogP contribution in [0.3, 0.4) is 0 Å². The predicted octanol–water partition coefficient (Wildman–Crippen LogP) is 2.89. The molecule has 0 spiro atoms. The third-order valence-electron chi connectivity index (χ3n) is 4.03. The Bertz CT molecular complexity index is 828. The fourth-order valence-electron chi connectivity index (χ4n) is 2.92. The number of sulfone groups is 1. The van der Waals surface area contributed by atoms with Gasteiger partial charge in [0.25, 0.3) is 0 Å². The molecular formula is C16H19ClN4O2S. The molecule has 1 aliphatic heterocycles. The summed E-state index contributed by atoms with van der Waals surface area (Å²) in [5.74, 6) is 1.79. The highest BCUT2D eigenvalue weighted by molar-refractivity contribution is 7.91. The molecule has 0 saturated carbocycles. The van der Waals surface area contributed by atoms with E-state index in [0.717, 1.165) is 11.5 Å². The molecule has 1 saturated heterocycles. The van der Waals surface area contributed by atoms with E-state index in [1.807, 2.05) is 36.1 Å². The van der Waals surface area contributed by atoms with E-state index >= 15 is 0 Å². The van der Waals surface area contributed by atoms with Crippen molar-refractivity contribution in [3.05, 3.63) is 41.7 Å². The third-order valence-corrected chi connectivity index (χ3v) is 6.02. The Hall–Kier alpha value is -1.86. The van der Waals surface area contributed by atoms with Gasteiger partial charge in [-0.15, -0.1) is 0 Å². The lowest BCUT2D eigenvalue weighted by Gasteiger charge is -2.28. The fourth-order valence-corrected chi connectivity index (χ4v) is 4.84. The van der Waals surface area contributed by atoms with Crippen molar-refractivity contribution in [1.29, 1.82) is 0 Å². The van der Waals surface area contributed by atoms with Gasteiger partial charge in [0, 0.05) is 29.4 Å². The molecule has 1 N–H and O–H groups in total. The topological polar surface area (TPSA) is 75.2 Å². The van der Waals surface area contributed by atoms with E-state index in [0.29, 0.717) is 23.8 Å². The molecule has 1 aromatic carbocycles. The van der Waals surface area contributed by atoms with E-state index in [1.54, 1.807) is 6.07 Å². The van der Waals surface area contributed by atoms with Crippen molar-refractivity contribution < 1.29 is 8.42 Å². The van der Waals surface area contributed by atoms with Crippen LogP contribution in [0.25, 0.3) is 0 Å². The number of halogens is 1. The van der Waals surface area contributed by atoms with Gasteiger partial charge >= 0.3 is 0 Å². The van der Waals surface area contributed by atoms with Gasteiger partial charge in [-0.25, -0.2) is 18.4 Å². The summed E-state index contributed by atoms with van der Waals surface area (Å²) in [7, 11) is -2.94. The molecule has 0 amide bonds. The van der Waals surface area contributed by atoms with Gasteiger partial charge in [0.2, 0.25) is 0 Å². The summed E-state index contributed by atoms with van der Waals surface area (Å²) in [6, 6.07) is 9.16. The summed E-state index contributed by atoms with van der Waals surface area (Å²) in [5.41, 5.74) is 0.832. The zero-order valence-corrected chi connectivity index (χ0v) is 14.9. The van der Waals surface area contributed by atoms with E-state index in [9.17, 15) is 8.42 Å². The van der Waals surface area contributed by atoms with Gasteiger partial charge in [0.05, 0.1) is 11.5 Å². The number of nitrogens with one attached hydrogen (secondary N) is 1. The summed E-state index contributed by atoms with van der Waals surface area (Å²) in [6.45, 7) is 2.69. The largest absolute Gasteiger partial charge is 0.353 e. The van der Waals surface area contributed by atoms with Crippen LogP contribution in [0, 0.1) is 0 Å². The monoisotopic (exact) mass is 366 g/mol. The van der Waals surface area contributed by atoms with Crippen molar-refractivity contribution in [1.82, 2.24) is 9.97 Å². The zero-order valence-electron chi connectivity index (χ0n) is 13.3. The van der Waals surface area contributed by atoms with Crippen molar-refractivity contribution in [3.63, 3.8) is 0 Å². The fraction of sp³-hybridized carbons (Fsp3) is 0.375. The molecule has 24 heavy (non-hydrogen) atoms. The highest BCUT2D eigenvalue weighted by Gasteiger charge is 2.32. The van der Waals surface area contributed by atoms with E-state index in [1.165, 1.54) is 6.33 Å². The third kappa shape index (κ3) is 3.96. The molecule has 0 aliphatic carbocycles. The summed E-state index contributed by atoms with van der Waals surface area (Å²) in [4.78, 5) is 10.6. The van der Waals surface area contributed by atoms with Crippen LogP contribution in [0.5, 0.6) is 0 Å². The molecule has 2 heterocycles. The van der Waals surface area contributed by atoms with Gasteiger partial charge in [-0.3, -0.25) is 0 Å². The second-order valence-corrected chi connectivity index (χ2v) is 8.40. The minimum atomic E-state index is -2.94. The number of aromatic nitrogens is 2. The number of benzene rings is 1. The van der Waals surface area contributed by atoms with Crippen LogP contribution in [-0.2, 0) is 9.84 Å². The van der Waals surface area contributed by atoms with Gasteiger partial charge in [0.15, 0.2) is 9.84 Å². The minimum absolute atomic E-state index is 0.0334. The van der Waals surface area contributed by atoms with E-state index in [4.69, 9.17) is 11.6 Å². The van der Waals surface area contributed by atoms with Crippen LogP contribution in [0.1, 0.15) is 13.3 Å². The second-order valence-electron chi connectivity index (χ2n) is 5.74.